The standard InChI is InChI=1S/C9H18N2O6Si/c12-6(1-2-18)10-3-7(13)11(4-8(14)15)5-9(16)17/h6,10,12H,1-5H2,18H3,(H,14,15)(H,16,17). The molecule has 4 N–H and O–H groups in total. The van der Waals surface area contributed by atoms with Crippen molar-refractivity contribution in [3.05, 3.63) is 0 Å². The average Bonchev–Trinajstić information content (AvgIpc) is 2.24. The molecule has 0 bridgehead atoms. The van der Waals surface area contributed by atoms with Gasteiger partial charge in [-0.1, -0.05) is 6.04 Å². The van der Waals surface area contributed by atoms with Gasteiger partial charge in [0.2, 0.25) is 5.91 Å². The number of amides is 1. The third kappa shape index (κ3) is 7.76. The molecule has 0 spiro atoms. The van der Waals surface area contributed by atoms with E-state index < -0.39 is 37.2 Å². The van der Waals surface area contributed by atoms with E-state index in [1.165, 1.54) is 0 Å². The summed E-state index contributed by atoms with van der Waals surface area (Å²) in [6.07, 6.45) is -0.319. The Morgan fingerprint density at radius 1 is 1.17 bits per heavy atom. The van der Waals surface area contributed by atoms with Gasteiger partial charge < -0.3 is 20.2 Å². The summed E-state index contributed by atoms with van der Waals surface area (Å²) in [6, 6.07) is 0.857. The van der Waals surface area contributed by atoms with Gasteiger partial charge in [-0.15, -0.1) is 0 Å². The quantitative estimate of drug-likeness (QED) is 0.262. The van der Waals surface area contributed by atoms with Crippen LogP contribution in [0.1, 0.15) is 6.42 Å². The topological polar surface area (TPSA) is 127 Å². The molecule has 0 heterocycles. The first kappa shape index (κ1) is 16.5. The molecule has 0 radical (unpaired) electrons. The van der Waals surface area contributed by atoms with Crippen molar-refractivity contribution in [2.75, 3.05) is 19.6 Å². The predicted octanol–water partition coefficient (Wildman–Crippen LogP) is -2.93. The summed E-state index contributed by atoms with van der Waals surface area (Å²) in [6.45, 7) is -1.64. The van der Waals surface area contributed by atoms with Gasteiger partial charge in [0.05, 0.1) is 6.54 Å². The first-order valence-corrected chi connectivity index (χ1v) is 6.91. The Hall–Kier alpha value is -1.45. The minimum absolute atomic E-state index is 0.288. The van der Waals surface area contributed by atoms with Crippen molar-refractivity contribution in [3.63, 3.8) is 0 Å². The van der Waals surface area contributed by atoms with Gasteiger partial charge >= 0.3 is 11.9 Å². The molecule has 0 saturated heterocycles. The Bertz CT molecular complexity index is 295. The smallest absolute Gasteiger partial charge is 0.323 e. The molecule has 8 nitrogen and oxygen atoms in total. The lowest BCUT2D eigenvalue weighted by Gasteiger charge is -2.20. The summed E-state index contributed by atoms with van der Waals surface area (Å²) in [4.78, 5) is 33.2. The number of carboxylic acid groups (broad SMARTS) is 2. The highest BCUT2D eigenvalue weighted by Crippen LogP contribution is 1.93. The number of carboxylic acids is 2. The van der Waals surface area contributed by atoms with Gasteiger partial charge in [0.15, 0.2) is 0 Å². The lowest BCUT2D eigenvalue weighted by molar-refractivity contribution is -0.149. The molecule has 0 fully saturated rings. The molecule has 0 aromatic carbocycles. The van der Waals surface area contributed by atoms with Crippen LogP contribution in [0.15, 0.2) is 0 Å². The number of aliphatic hydroxyl groups is 1. The number of hydrogen-bond acceptors (Lipinski definition) is 5. The van der Waals surface area contributed by atoms with Crippen LogP contribution in [0.25, 0.3) is 0 Å². The summed E-state index contributed by atoms with van der Waals surface area (Å²) >= 11 is 0. The monoisotopic (exact) mass is 278 g/mol. The first-order chi connectivity index (χ1) is 8.36. The third-order valence-corrected chi connectivity index (χ3v) is 2.63. The number of carbonyl (C=O) groups is 3. The Morgan fingerprint density at radius 2 is 1.67 bits per heavy atom. The zero-order valence-electron chi connectivity index (χ0n) is 10.1. The molecule has 1 atom stereocenters. The fourth-order valence-corrected chi connectivity index (χ4v) is 1.80. The molecular formula is C9H18N2O6Si. The largest absolute Gasteiger partial charge is 0.480 e. The highest BCUT2D eigenvalue weighted by molar-refractivity contribution is 6.08. The normalized spacial score (nSPS) is 12.1. The molecule has 9 heteroatoms. The van der Waals surface area contributed by atoms with E-state index in [1.807, 2.05) is 0 Å². The molecule has 0 aliphatic heterocycles. The van der Waals surface area contributed by atoms with Crippen molar-refractivity contribution in [2.45, 2.75) is 18.7 Å². The third-order valence-electron chi connectivity index (χ3n) is 2.06. The van der Waals surface area contributed by atoms with Crippen molar-refractivity contribution in [1.29, 1.82) is 0 Å². The van der Waals surface area contributed by atoms with Crippen molar-refractivity contribution in [1.82, 2.24) is 10.2 Å². The maximum absolute atomic E-state index is 11.6. The van der Waals surface area contributed by atoms with E-state index in [0.717, 1.165) is 16.3 Å². The Kier molecular flexibility index (Phi) is 7.92. The van der Waals surface area contributed by atoms with E-state index in [0.29, 0.717) is 11.3 Å². The Balaban J connectivity index is 4.28. The van der Waals surface area contributed by atoms with Gasteiger partial charge in [0, 0.05) is 10.2 Å². The second kappa shape index (κ2) is 8.61. The van der Waals surface area contributed by atoms with Gasteiger partial charge in [0.25, 0.3) is 0 Å². The first-order valence-electron chi connectivity index (χ1n) is 5.49. The van der Waals surface area contributed by atoms with Crippen LogP contribution in [0, 0.1) is 0 Å². The second-order valence-electron chi connectivity index (χ2n) is 3.72. The fourth-order valence-electron chi connectivity index (χ4n) is 1.25. The number of aliphatic hydroxyl groups excluding tert-OH is 1. The van der Waals surface area contributed by atoms with Crippen LogP contribution in [0.4, 0.5) is 0 Å². The number of nitrogens with zero attached hydrogens (tertiary/aromatic N) is 1. The van der Waals surface area contributed by atoms with Crippen LogP contribution in [-0.2, 0) is 14.4 Å². The molecule has 1 amide bonds. The van der Waals surface area contributed by atoms with Crippen molar-refractivity contribution < 1.29 is 29.7 Å². The summed E-state index contributed by atoms with van der Waals surface area (Å²) in [5.74, 6) is -3.25. The molecular weight excluding hydrogens is 260 g/mol. The molecule has 18 heavy (non-hydrogen) atoms. The van der Waals surface area contributed by atoms with Gasteiger partial charge in [-0.3, -0.25) is 19.7 Å². The number of nitrogens with one attached hydrogen (secondary N) is 1. The molecule has 0 aromatic rings. The second-order valence-corrected chi connectivity index (χ2v) is 4.72. The van der Waals surface area contributed by atoms with Crippen molar-refractivity contribution >= 4 is 28.1 Å². The van der Waals surface area contributed by atoms with Crippen LogP contribution < -0.4 is 5.32 Å². The van der Waals surface area contributed by atoms with E-state index in [-0.39, 0.29) is 6.54 Å². The minimum Gasteiger partial charge on any atom is -0.480 e. The van der Waals surface area contributed by atoms with Gasteiger partial charge in [-0.2, -0.15) is 0 Å². The maximum Gasteiger partial charge on any atom is 0.323 e. The van der Waals surface area contributed by atoms with Crippen LogP contribution in [-0.4, -0.2) is 74.2 Å². The average molecular weight is 278 g/mol. The molecule has 0 aliphatic rings. The predicted molar refractivity (Wildman–Crippen MR) is 65.2 cm³/mol. The number of aliphatic carboxylic acids is 2. The lowest BCUT2D eigenvalue weighted by Crippen LogP contribution is -2.45. The minimum atomic E-state index is -1.29. The fraction of sp³-hybridized carbons (Fsp3) is 0.667. The van der Waals surface area contributed by atoms with E-state index >= 15 is 0 Å². The maximum atomic E-state index is 11.6. The van der Waals surface area contributed by atoms with Crippen molar-refractivity contribution in [3.8, 4) is 0 Å². The summed E-state index contributed by atoms with van der Waals surface area (Å²) in [7, 11) is 0.932. The molecule has 0 rings (SSSR count). The van der Waals surface area contributed by atoms with Gasteiger partial charge in [-0.25, -0.2) is 0 Å². The van der Waals surface area contributed by atoms with Crippen molar-refractivity contribution in [2.24, 2.45) is 0 Å². The Labute approximate surface area is 107 Å². The van der Waals surface area contributed by atoms with Crippen LogP contribution in [0.3, 0.4) is 0 Å². The summed E-state index contributed by atoms with van der Waals surface area (Å²) in [5.41, 5.74) is 0. The van der Waals surface area contributed by atoms with Crippen LogP contribution >= 0.6 is 0 Å². The molecule has 0 aromatic heterocycles. The molecule has 104 valence electrons. The molecule has 0 saturated carbocycles. The van der Waals surface area contributed by atoms with E-state index in [4.69, 9.17) is 10.2 Å². The van der Waals surface area contributed by atoms with Crippen LogP contribution in [0.2, 0.25) is 6.04 Å². The molecule has 1 unspecified atom stereocenters. The zero-order chi connectivity index (χ0) is 14.1. The van der Waals surface area contributed by atoms with Crippen LogP contribution in [0.5, 0.6) is 0 Å². The highest BCUT2D eigenvalue weighted by atomic mass is 28.1. The molecule has 0 aliphatic carbocycles. The van der Waals surface area contributed by atoms with E-state index in [2.05, 4.69) is 5.32 Å². The van der Waals surface area contributed by atoms with Gasteiger partial charge in [0.1, 0.15) is 19.3 Å². The number of hydrogen-bond donors (Lipinski definition) is 4. The van der Waals surface area contributed by atoms with Gasteiger partial charge in [-0.05, 0) is 6.42 Å². The number of carbonyl (C=O) groups excluding carboxylic acids is 1. The summed E-state index contributed by atoms with van der Waals surface area (Å²) in [5, 5.41) is 29.0. The lowest BCUT2D eigenvalue weighted by atomic mass is 10.4. The highest BCUT2D eigenvalue weighted by Gasteiger charge is 2.19. The number of rotatable bonds is 9. The zero-order valence-corrected chi connectivity index (χ0v) is 12.1. The van der Waals surface area contributed by atoms with E-state index in [1.54, 1.807) is 0 Å². The summed E-state index contributed by atoms with van der Waals surface area (Å²) < 4.78 is 0. The SMILES string of the molecule is O=C(O)CN(CC(=O)O)C(=O)CNC(O)CC[SiH3]. The van der Waals surface area contributed by atoms with E-state index in [9.17, 15) is 19.5 Å². The Morgan fingerprint density at radius 3 is 2.06 bits per heavy atom.